The van der Waals surface area contributed by atoms with Crippen LogP contribution in [-0.4, -0.2) is 22.2 Å². The third-order valence-corrected chi connectivity index (χ3v) is 2.44. The summed E-state index contributed by atoms with van der Waals surface area (Å²) in [4.78, 5) is 10.0. The molecule has 2 atom stereocenters. The molecule has 0 radical (unpaired) electrons. The SMILES string of the molecule is CC(O)(C#N)C(C[N+](=O)[O-])c1ccccc1. The summed E-state index contributed by atoms with van der Waals surface area (Å²) in [6, 6.07) is 10.2. The molecular formula is C11H12N2O3. The summed E-state index contributed by atoms with van der Waals surface area (Å²) in [5.41, 5.74) is -1.15. The number of nitrogens with zero attached hydrogens (tertiary/aromatic N) is 2. The molecule has 1 rings (SSSR count). The van der Waals surface area contributed by atoms with Gasteiger partial charge in [-0.05, 0) is 12.5 Å². The van der Waals surface area contributed by atoms with Gasteiger partial charge in [0.1, 0.15) is 0 Å². The second-order valence-electron chi connectivity index (χ2n) is 3.74. The lowest BCUT2D eigenvalue weighted by Gasteiger charge is -2.23. The molecule has 0 saturated heterocycles. The highest BCUT2D eigenvalue weighted by Gasteiger charge is 2.36. The number of nitro groups is 1. The number of nitriles is 1. The van der Waals surface area contributed by atoms with Gasteiger partial charge in [-0.2, -0.15) is 5.26 Å². The van der Waals surface area contributed by atoms with Gasteiger partial charge in [-0.25, -0.2) is 0 Å². The summed E-state index contributed by atoms with van der Waals surface area (Å²) >= 11 is 0. The molecule has 0 aromatic heterocycles. The van der Waals surface area contributed by atoms with Crippen molar-refractivity contribution in [2.45, 2.75) is 18.4 Å². The van der Waals surface area contributed by atoms with Crippen LogP contribution in [0.25, 0.3) is 0 Å². The summed E-state index contributed by atoms with van der Waals surface area (Å²) in [6.45, 7) is 0.818. The van der Waals surface area contributed by atoms with E-state index in [1.165, 1.54) is 6.92 Å². The zero-order chi connectivity index (χ0) is 12.2. The Morgan fingerprint density at radius 3 is 2.56 bits per heavy atom. The van der Waals surface area contributed by atoms with Gasteiger partial charge < -0.3 is 5.11 Å². The molecule has 0 heterocycles. The number of benzene rings is 1. The van der Waals surface area contributed by atoms with Crippen molar-refractivity contribution in [1.82, 2.24) is 0 Å². The Kier molecular flexibility index (Phi) is 3.59. The van der Waals surface area contributed by atoms with Gasteiger partial charge in [0.2, 0.25) is 6.54 Å². The van der Waals surface area contributed by atoms with Crippen molar-refractivity contribution >= 4 is 0 Å². The van der Waals surface area contributed by atoms with E-state index < -0.39 is 23.0 Å². The first-order valence-electron chi connectivity index (χ1n) is 4.77. The van der Waals surface area contributed by atoms with Gasteiger partial charge in [-0.15, -0.1) is 0 Å². The highest BCUT2D eigenvalue weighted by Crippen LogP contribution is 2.27. The fraction of sp³-hybridized carbons (Fsp3) is 0.364. The quantitative estimate of drug-likeness (QED) is 0.471. The Hall–Kier alpha value is -1.93. The smallest absolute Gasteiger partial charge is 0.214 e. The van der Waals surface area contributed by atoms with Crippen LogP contribution in [0.5, 0.6) is 0 Å². The standard InChI is InChI=1S/C11H12N2O3/c1-11(14,8-12)10(7-13(15)16)9-5-3-2-4-6-9/h2-6,10,14H,7H2,1H3. The molecule has 0 saturated carbocycles. The molecule has 0 spiro atoms. The van der Waals surface area contributed by atoms with Crippen LogP contribution in [0.4, 0.5) is 0 Å². The fourth-order valence-corrected chi connectivity index (χ4v) is 1.52. The third-order valence-electron chi connectivity index (χ3n) is 2.44. The number of aliphatic hydroxyl groups is 1. The Labute approximate surface area is 93.1 Å². The third kappa shape index (κ3) is 2.78. The highest BCUT2D eigenvalue weighted by atomic mass is 16.6. The number of hydrogen-bond acceptors (Lipinski definition) is 4. The molecule has 1 aromatic rings. The van der Waals surface area contributed by atoms with E-state index in [0.29, 0.717) is 5.56 Å². The van der Waals surface area contributed by atoms with E-state index in [-0.39, 0.29) is 0 Å². The summed E-state index contributed by atoms with van der Waals surface area (Å²) in [5, 5.41) is 29.2. The maximum absolute atomic E-state index is 10.5. The lowest BCUT2D eigenvalue weighted by molar-refractivity contribution is -0.486. The van der Waals surface area contributed by atoms with Crippen LogP contribution in [-0.2, 0) is 0 Å². The average Bonchev–Trinajstić information content (AvgIpc) is 2.27. The maximum atomic E-state index is 10.5. The first-order valence-corrected chi connectivity index (χ1v) is 4.77. The van der Waals surface area contributed by atoms with Crippen LogP contribution < -0.4 is 0 Å². The Morgan fingerprint density at radius 1 is 1.56 bits per heavy atom. The Morgan fingerprint density at radius 2 is 2.12 bits per heavy atom. The molecule has 0 aliphatic heterocycles. The van der Waals surface area contributed by atoms with Crippen LogP contribution in [0.2, 0.25) is 0 Å². The molecule has 0 fully saturated rings. The van der Waals surface area contributed by atoms with Gasteiger partial charge in [-0.1, -0.05) is 30.3 Å². The van der Waals surface area contributed by atoms with E-state index >= 15 is 0 Å². The first kappa shape index (κ1) is 12.1. The van der Waals surface area contributed by atoms with Crippen LogP contribution in [0.1, 0.15) is 18.4 Å². The normalized spacial score (nSPS) is 15.8. The van der Waals surface area contributed by atoms with Crippen molar-refractivity contribution in [3.63, 3.8) is 0 Å². The van der Waals surface area contributed by atoms with Crippen molar-refractivity contribution in [1.29, 1.82) is 5.26 Å². The zero-order valence-electron chi connectivity index (χ0n) is 8.83. The molecule has 2 unspecified atom stereocenters. The molecule has 0 amide bonds. The molecule has 0 bridgehead atoms. The van der Waals surface area contributed by atoms with Gasteiger partial charge in [0.05, 0.1) is 12.0 Å². The van der Waals surface area contributed by atoms with Crippen LogP contribution in [0, 0.1) is 21.4 Å². The van der Waals surface area contributed by atoms with E-state index in [0.717, 1.165) is 0 Å². The highest BCUT2D eigenvalue weighted by molar-refractivity contribution is 5.26. The first-order chi connectivity index (χ1) is 7.47. The van der Waals surface area contributed by atoms with E-state index in [2.05, 4.69) is 0 Å². The second kappa shape index (κ2) is 4.73. The number of hydrogen-bond donors (Lipinski definition) is 1. The fourth-order valence-electron chi connectivity index (χ4n) is 1.52. The molecular weight excluding hydrogens is 208 g/mol. The van der Waals surface area contributed by atoms with Crippen LogP contribution in [0.3, 0.4) is 0 Å². The summed E-state index contributed by atoms with van der Waals surface area (Å²) < 4.78 is 0. The molecule has 84 valence electrons. The van der Waals surface area contributed by atoms with E-state index in [1.807, 2.05) is 0 Å². The maximum Gasteiger partial charge on any atom is 0.214 e. The van der Waals surface area contributed by atoms with Crippen molar-refractivity contribution in [3.8, 4) is 6.07 Å². The summed E-state index contributed by atoms with van der Waals surface area (Å²) in [6.07, 6.45) is 0. The largest absolute Gasteiger partial charge is 0.375 e. The van der Waals surface area contributed by atoms with Gasteiger partial charge in [0, 0.05) is 4.92 Å². The molecule has 16 heavy (non-hydrogen) atoms. The minimum Gasteiger partial charge on any atom is -0.375 e. The van der Waals surface area contributed by atoms with E-state index in [9.17, 15) is 15.2 Å². The zero-order valence-corrected chi connectivity index (χ0v) is 8.83. The molecule has 5 heteroatoms. The molecule has 1 N–H and O–H groups in total. The van der Waals surface area contributed by atoms with Gasteiger partial charge >= 0.3 is 0 Å². The average molecular weight is 220 g/mol. The lowest BCUT2D eigenvalue weighted by Crippen LogP contribution is -2.35. The van der Waals surface area contributed by atoms with E-state index in [1.54, 1.807) is 36.4 Å². The predicted octanol–water partition coefficient (Wildman–Crippen LogP) is 1.32. The molecule has 5 nitrogen and oxygen atoms in total. The molecule has 0 aliphatic rings. The lowest BCUT2D eigenvalue weighted by atomic mass is 9.84. The second-order valence-corrected chi connectivity index (χ2v) is 3.74. The number of rotatable bonds is 4. The topological polar surface area (TPSA) is 87.2 Å². The molecule has 1 aromatic carbocycles. The van der Waals surface area contributed by atoms with Crippen molar-refractivity contribution < 1.29 is 10.0 Å². The van der Waals surface area contributed by atoms with E-state index in [4.69, 9.17) is 5.26 Å². The van der Waals surface area contributed by atoms with Crippen LogP contribution in [0.15, 0.2) is 30.3 Å². The minimum absolute atomic E-state index is 0.468. The van der Waals surface area contributed by atoms with Crippen molar-refractivity contribution in [2.24, 2.45) is 0 Å². The Bertz CT molecular complexity index is 409. The van der Waals surface area contributed by atoms with Crippen molar-refractivity contribution in [2.75, 3.05) is 6.54 Å². The summed E-state index contributed by atoms with van der Waals surface area (Å²) in [7, 11) is 0. The monoisotopic (exact) mass is 220 g/mol. The van der Waals surface area contributed by atoms with Crippen LogP contribution >= 0.6 is 0 Å². The summed E-state index contributed by atoms with van der Waals surface area (Å²) in [5.74, 6) is -0.825. The van der Waals surface area contributed by atoms with Gasteiger partial charge in [-0.3, -0.25) is 10.1 Å². The Balaban J connectivity index is 3.07. The van der Waals surface area contributed by atoms with Gasteiger partial charge in [0.25, 0.3) is 0 Å². The minimum atomic E-state index is -1.74. The molecule has 0 aliphatic carbocycles. The predicted molar refractivity (Wildman–Crippen MR) is 57.3 cm³/mol. The van der Waals surface area contributed by atoms with Crippen molar-refractivity contribution in [3.05, 3.63) is 46.0 Å². The van der Waals surface area contributed by atoms with Gasteiger partial charge in [0.15, 0.2) is 5.60 Å².